The van der Waals surface area contributed by atoms with Crippen LogP contribution in [0.4, 0.5) is 0 Å². The third kappa shape index (κ3) is 3.89. The van der Waals surface area contributed by atoms with Gasteiger partial charge in [-0.25, -0.2) is 4.98 Å². The lowest BCUT2D eigenvalue weighted by atomic mass is 10.1. The third-order valence-electron chi connectivity index (χ3n) is 3.17. The molecule has 0 spiro atoms. The zero-order valence-electron chi connectivity index (χ0n) is 10.3. The number of aromatic nitrogens is 1. The van der Waals surface area contributed by atoms with Crippen LogP contribution in [0.1, 0.15) is 24.8 Å². The molecule has 0 bridgehead atoms. The van der Waals surface area contributed by atoms with Crippen molar-refractivity contribution in [2.75, 3.05) is 12.9 Å². The fraction of sp³-hybridized carbons (Fsp3) is 0.538. The van der Waals surface area contributed by atoms with Gasteiger partial charge in [0.1, 0.15) is 5.15 Å². The minimum atomic E-state index is -0.0972. The van der Waals surface area contributed by atoms with Crippen LogP contribution in [0.25, 0.3) is 0 Å². The number of halogens is 1. The number of rotatable bonds is 6. The van der Waals surface area contributed by atoms with Crippen molar-refractivity contribution in [1.82, 2.24) is 4.98 Å². The van der Waals surface area contributed by atoms with E-state index in [0.29, 0.717) is 11.6 Å². The van der Waals surface area contributed by atoms with Crippen molar-refractivity contribution >= 4 is 29.3 Å². The molecule has 1 aliphatic carbocycles. The van der Waals surface area contributed by atoms with Crippen LogP contribution in [0.5, 0.6) is 0 Å². The van der Waals surface area contributed by atoms with Crippen LogP contribution in [-0.2, 0) is 15.3 Å². The van der Waals surface area contributed by atoms with Crippen molar-refractivity contribution in [2.45, 2.75) is 25.0 Å². The van der Waals surface area contributed by atoms with E-state index in [4.69, 9.17) is 16.3 Å². The predicted octanol–water partition coefficient (Wildman–Crippen LogP) is 3.31. The van der Waals surface area contributed by atoms with E-state index in [1.165, 1.54) is 12.7 Å². The van der Waals surface area contributed by atoms with Gasteiger partial charge in [0, 0.05) is 11.9 Å². The average Bonchev–Trinajstić information content (AvgIpc) is 3.09. The number of pyridine rings is 1. The number of nitrogens with zero attached hydrogens (tertiary/aromatic N) is 1. The largest absolute Gasteiger partial charge is 0.469 e. The number of methoxy groups -OCH3 is 1. The summed E-state index contributed by atoms with van der Waals surface area (Å²) in [5.41, 5.74) is 1.36. The third-order valence-corrected chi connectivity index (χ3v) is 4.73. The van der Waals surface area contributed by atoms with Crippen LogP contribution < -0.4 is 0 Å². The van der Waals surface area contributed by atoms with Gasteiger partial charge in [0.2, 0.25) is 0 Å². The molecule has 1 heterocycles. The van der Waals surface area contributed by atoms with Crippen LogP contribution in [-0.4, -0.2) is 23.8 Å². The SMILES string of the molecule is COC(=O)CC1(CSCc2ccnc(Cl)c2)CC1. The molecule has 18 heavy (non-hydrogen) atoms. The standard InChI is InChI=1S/C13H16ClNO2S/c1-17-12(16)7-13(3-4-13)9-18-8-10-2-5-15-11(14)6-10/h2,5-6H,3-4,7-9H2,1H3. The van der Waals surface area contributed by atoms with Gasteiger partial charge in [-0.05, 0) is 41.7 Å². The van der Waals surface area contributed by atoms with Crippen LogP contribution in [0.2, 0.25) is 5.15 Å². The van der Waals surface area contributed by atoms with Gasteiger partial charge in [-0.1, -0.05) is 11.6 Å². The lowest BCUT2D eigenvalue weighted by Gasteiger charge is -2.12. The Labute approximate surface area is 116 Å². The molecule has 0 aliphatic heterocycles. The maximum absolute atomic E-state index is 11.3. The highest BCUT2D eigenvalue weighted by molar-refractivity contribution is 7.98. The van der Waals surface area contributed by atoms with Crippen LogP contribution in [0, 0.1) is 5.41 Å². The zero-order chi connectivity index (χ0) is 13.0. The topological polar surface area (TPSA) is 39.2 Å². The van der Waals surface area contributed by atoms with E-state index in [0.717, 1.165) is 24.3 Å². The lowest BCUT2D eigenvalue weighted by Crippen LogP contribution is -2.13. The number of esters is 1. The van der Waals surface area contributed by atoms with Crippen molar-refractivity contribution in [1.29, 1.82) is 0 Å². The smallest absolute Gasteiger partial charge is 0.306 e. The van der Waals surface area contributed by atoms with Gasteiger partial charge in [-0.2, -0.15) is 11.8 Å². The highest BCUT2D eigenvalue weighted by atomic mass is 35.5. The molecule has 1 aromatic rings. The number of hydrogen-bond acceptors (Lipinski definition) is 4. The summed E-state index contributed by atoms with van der Waals surface area (Å²) in [6.45, 7) is 0. The minimum Gasteiger partial charge on any atom is -0.469 e. The first kappa shape index (κ1) is 13.7. The first-order valence-corrected chi connectivity index (χ1v) is 7.42. The maximum Gasteiger partial charge on any atom is 0.306 e. The van der Waals surface area contributed by atoms with E-state index >= 15 is 0 Å². The van der Waals surface area contributed by atoms with E-state index < -0.39 is 0 Å². The molecule has 2 rings (SSSR count). The molecule has 0 N–H and O–H groups in total. The quantitative estimate of drug-likeness (QED) is 0.594. The molecule has 1 saturated carbocycles. The fourth-order valence-electron chi connectivity index (χ4n) is 1.85. The number of ether oxygens (including phenoxy) is 1. The molecular formula is C13H16ClNO2S. The lowest BCUT2D eigenvalue weighted by molar-refractivity contribution is -0.141. The Kier molecular flexibility index (Phi) is 4.51. The molecule has 0 saturated heterocycles. The molecule has 1 aromatic heterocycles. The minimum absolute atomic E-state index is 0.0972. The summed E-state index contributed by atoms with van der Waals surface area (Å²) in [5.74, 6) is 1.81. The van der Waals surface area contributed by atoms with Crippen molar-refractivity contribution in [3.63, 3.8) is 0 Å². The van der Waals surface area contributed by atoms with Gasteiger partial charge in [0.05, 0.1) is 13.5 Å². The first-order chi connectivity index (χ1) is 8.63. The number of thioether (sulfide) groups is 1. The molecule has 3 nitrogen and oxygen atoms in total. The molecule has 0 atom stereocenters. The van der Waals surface area contributed by atoms with Crippen molar-refractivity contribution in [2.24, 2.45) is 5.41 Å². The summed E-state index contributed by atoms with van der Waals surface area (Å²) in [6, 6.07) is 3.85. The van der Waals surface area contributed by atoms with E-state index in [1.54, 1.807) is 6.20 Å². The Bertz CT molecular complexity index is 435. The van der Waals surface area contributed by atoms with Gasteiger partial charge in [0.25, 0.3) is 0 Å². The second-order valence-electron chi connectivity index (χ2n) is 4.73. The van der Waals surface area contributed by atoms with Gasteiger partial charge in [-0.15, -0.1) is 0 Å². The van der Waals surface area contributed by atoms with Gasteiger partial charge in [-0.3, -0.25) is 4.79 Å². The van der Waals surface area contributed by atoms with Gasteiger partial charge < -0.3 is 4.74 Å². The second kappa shape index (κ2) is 5.93. The number of carbonyl (C=O) groups excluding carboxylic acids is 1. The van der Waals surface area contributed by atoms with Crippen molar-refractivity contribution < 1.29 is 9.53 Å². The fourth-order valence-corrected chi connectivity index (χ4v) is 3.38. The molecule has 1 aliphatic rings. The highest BCUT2D eigenvalue weighted by Crippen LogP contribution is 2.51. The maximum atomic E-state index is 11.3. The molecule has 5 heteroatoms. The Morgan fingerprint density at radius 2 is 2.39 bits per heavy atom. The van der Waals surface area contributed by atoms with E-state index in [2.05, 4.69) is 4.98 Å². The molecule has 0 aromatic carbocycles. The van der Waals surface area contributed by atoms with Crippen LogP contribution in [0.15, 0.2) is 18.3 Å². The van der Waals surface area contributed by atoms with Crippen LogP contribution in [0.3, 0.4) is 0 Å². The monoisotopic (exact) mass is 285 g/mol. The molecule has 0 unspecified atom stereocenters. The van der Waals surface area contributed by atoms with E-state index in [9.17, 15) is 4.79 Å². The van der Waals surface area contributed by atoms with Crippen molar-refractivity contribution in [3.05, 3.63) is 29.0 Å². The predicted molar refractivity (Wildman–Crippen MR) is 73.7 cm³/mol. The molecule has 1 fully saturated rings. The summed E-state index contributed by atoms with van der Waals surface area (Å²) in [4.78, 5) is 15.2. The average molecular weight is 286 g/mol. The Morgan fingerprint density at radius 1 is 1.61 bits per heavy atom. The molecule has 98 valence electrons. The first-order valence-electron chi connectivity index (χ1n) is 5.89. The Balaban J connectivity index is 1.77. The molecule has 0 radical (unpaired) electrons. The zero-order valence-corrected chi connectivity index (χ0v) is 11.9. The van der Waals surface area contributed by atoms with Gasteiger partial charge >= 0.3 is 5.97 Å². The summed E-state index contributed by atoms with van der Waals surface area (Å²) in [7, 11) is 1.45. The Hall–Kier alpha value is -0.740. The van der Waals surface area contributed by atoms with Gasteiger partial charge in [0.15, 0.2) is 0 Å². The summed E-state index contributed by atoms with van der Waals surface area (Å²) < 4.78 is 4.73. The van der Waals surface area contributed by atoms with E-state index in [-0.39, 0.29) is 11.4 Å². The number of hydrogen-bond donors (Lipinski definition) is 0. The second-order valence-corrected chi connectivity index (χ2v) is 6.11. The summed E-state index contributed by atoms with van der Waals surface area (Å²) in [6.07, 6.45) is 4.53. The van der Waals surface area contributed by atoms with E-state index in [1.807, 2.05) is 23.9 Å². The Morgan fingerprint density at radius 3 is 3.00 bits per heavy atom. The number of carbonyl (C=O) groups is 1. The molecular weight excluding hydrogens is 270 g/mol. The molecule has 0 amide bonds. The summed E-state index contributed by atoms with van der Waals surface area (Å²) >= 11 is 7.67. The highest BCUT2D eigenvalue weighted by Gasteiger charge is 2.44. The van der Waals surface area contributed by atoms with Crippen LogP contribution >= 0.6 is 23.4 Å². The van der Waals surface area contributed by atoms with Crippen molar-refractivity contribution in [3.8, 4) is 0 Å². The normalized spacial score (nSPS) is 16.3. The summed E-state index contributed by atoms with van der Waals surface area (Å²) in [5, 5.41) is 0.531.